The van der Waals surface area contributed by atoms with Crippen LogP contribution in [0.25, 0.3) is 0 Å². The fourth-order valence-electron chi connectivity index (χ4n) is 1.26. The fraction of sp³-hybridized carbons (Fsp3) is 0.333. The second kappa shape index (κ2) is 7.73. The summed E-state index contributed by atoms with van der Waals surface area (Å²) in [5.74, 6) is -0.166. The summed E-state index contributed by atoms with van der Waals surface area (Å²) >= 11 is 0. The molecule has 10 heteroatoms. The van der Waals surface area contributed by atoms with E-state index in [1.54, 1.807) is 6.07 Å². The number of phenols is 1. The molecule has 0 spiro atoms. The average Bonchev–Trinajstić information content (AvgIpc) is 2.47. The van der Waals surface area contributed by atoms with Crippen molar-refractivity contribution in [3.8, 4) is 11.5 Å². The van der Waals surface area contributed by atoms with Gasteiger partial charge < -0.3 is 9.84 Å². The number of benzene rings is 1. The normalized spacial score (nSPS) is 11.8. The molecule has 1 aromatic rings. The molecule has 0 bridgehead atoms. The lowest BCUT2D eigenvalue weighted by Crippen LogP contribution is -2.41. The second-order valence-corrected chi connectivity index (χ2v) is 6.30. The Hall–Kier alpha value is -2.17. The molecule has 122 valence electrons. The van der Waals surface area contributed by atoms with Gasteiger partial charge in [-0.15, -0.1) is 0 Å². The number of amides is 1. The van der Waals surface area contributed by atoms with Crippen molar-refractivity contribution in [2.24, 2.45) is 5.10 Å². The van der Waals surface area contributed by atoms with Crippen LogP contribution in [0.5, 0.6) is 11.5 Å². The molecule has 0 aliphatic heterocycles. The molecule has 0 atom stereocenters. The van der Waals surface area contributed by atoms with E-state index in [2.05, 4.69) is 15.2 Å². The molecular formula is C12H18N4O5S. The first kappa shape index (κ1) is 17.9. The summed E-state index contributed by atoms with van der Waals surface area (Å²) in [6.07, 6.45) is 1.22. The number of carbonyl (C=O) groups is 1. The van der Waals surface area contributed by atoms with Gasteiger partial charge in [-0.25, -0.2) is 5.43 Å². The van der Waals surface area contributed by atoms with E-state index in [-0.39, 0.29) is 5.75 Å². The Morgan fingerprint density at radius 1 is 1.45 bits per heavy atom. The number of hydrogen-bond donors (Lipinski definition) is 3. The molecule has 0 unspecified atom stereocenters. The molecule has 3 N–H and O–H groups in total. The molecule has 0 aliphatic rings. The van der Waals surface area contributed by atoms with Crippen LogP contribution in [0.15, 0.2) is 23.3 Å². The van der Waals surface area contributed by atoms with Gasteiger partial charge in [-0.1, -0.05) is 0 Å². The lowest BCUT2D eigenvalue weighted by molar-refractivity contribution is -0.119. The van der Waals surface area contributed by atoms with Gasteiger partial charge in [0.05, 0.1) is 19.9 Å². The van der Waals surface area contributed by atoms with Crippen molar-refractivity contribution in [2.75, 3.05) is 27.7 Å². The van der Waals surface area contributed by atoms with E-state index >= 15 is 0 Å². The molecule has 0 saturated carbocycles. The molecule has 0 radical (unpaired) electrons. The van der Waals surface area contributed by atoms with Crippen molar-refractivity contribution < 1.29 is 23.1 Å². The van der Waals surface area contributed by atoms with Crippen LogP contribution in [0.3, 0.4) is 0 Å². The first-order chi connectivity index (χ1) is 10.3. The Morgan fingerprint density at radius 2 is 2.14 bits per heavy atom. The predicted molar refractivity (Wildman–Crippen MR) is 81.0 cm³/mol. The first-order valence-corrected chi connectivity index (χ1v) is 7.56. The van der Waals surface area contributed by atoms with Crippen LogP contribution < -0.4 is 14.9 Å². The summed E-state index contributed by atoms with van der Waals surface area (Å²) < 4.78 is 30.8. The molecule has 0 fully saturated rings. The number of ether oxygens (including phenoxy) is 1. The maximum absolute atomic E-state index is 11.5. The van der Waals surface area contributed by atoms with Crippen LogP contribution in [-0.4, -0.2) is 57.7 Å². The number of rotatable bonds is 7. The van der Waals surface area contributed by atoms with Gasteiger partial charge in [0.15, 0.2) is 0 Å². The van der Waals surface area contributed by atoms with Crippen molar-refractivity contribution in [1.29, 1.82) is 0 Å². The number of hydrogen-bond acceptors (Lipinski definition) is 6. The lowest BCUT2D eigenvalue weighted by atomic mass is 10.2. The lowest BCUT2D eigenvalue weighted by Gasteiger charge is -2.11. The number of hydrazone groups is 1. The Labute approximate surface area is 128 Å². The Bertz CT molecular complexity index is 657. The summed E-state index contributed by atoms with van der Waals surface area (Å²) in [7, 11) is 0.481. The monoisotopic (exact) mass is 330 g/mol. The van der Waals surface area contributed by atoms with Crippen LogP contribution >= 0.6 is 0 Å². The third kappa shape index (κ3) is 5.31. The largest absolute Gasteiger partial charge is 0.507 e. The van der Waals surface area contributed by atoms with Gasteiger partial charge in [0, 0.05) is 19.7 Å². The van der Waals surface area contributed by atoms with E-state index in [1.807, 2.05) is 0 Å². The third-order valence-electron chi connectivity index (χ3n) is 2.52. The zero-order valence-corrected chi connectivity index (χ0v) is 13.2. The highest BCUT2D eigenvalue weighted by Gasteiger charge is 2.14. The van der Waals surface area contributed by atoms with Gasteiger partial charge in [0.1, 0.15) is 11.5 Å². The maximum Gasteiger partial charge on any atom is 0.279 e. The Kier molecular flexibility index (Phi) is 6.28. The minimum absolute atomic E-state index is 0.0351. The summed E-state index contributed by atoms with van der Waals surface area (Å²) in [5.41, 5.74) is 2.48. The number of aromatic hydroxyl groups is 1. The van der Waals surface area contributed by atoms with Crippen LogP contribution in [-0.2, 0) is 15.0 Å². The minimum Gasteiger partial charge on any atom is -0.507 e. The van der Waals surface area contributed by atoms with Gasteiger partial charge in [0.2, 0.25) is 0 Å². The highest BCUT2D eigenvalue weighted by molar-refractivity contribution is 7.87. The van der Waals surface area contributed by atoms with Crippen LogP contribution in [0, 0.1) is 0 Å². The van der Waals surface area contributed by atoms with E-state index in [9.17, 15) is 18.3 Å². The van der Waals surface area contributed by atoms with E-state index in [0.717, 1.165) is 4.31 Å². The number of nitrogens with zero attached hydrogens (tertiary/aromatic N) is 2. The third-order valence-corrected chi connectivity index (χ3v) is 3.99. The molecule has 1 aromatic carbocycles. The fourth-order valence-corrected chi connectivity index (χ4v) is 1.83. The summed E-state index contributed by atoms with van der Waals surface area (Å²) in [5, 5.41) is 13.2. The van der Waals surface area contributed by atoms with E-state index in [4.69, 9.17) is 4.74 Å². The van der Waals surface area contributed by atoms with Crippen molar-refractivity contribution in [3.05, 3.63) is 23.8 Å². The number of methoxy groups -OCH3 is 1. The van der Waals surface area contributed by atoms with Gasteiger partial charge >= 0.3 is 0 Å². The Balaban J connectivity index is 2.57. The molecular weight excluding hydrogens is 312 g/mol. The maximum atomic E-state index is 11.5. The zero-order valence-electron chi connectivity index (χ0n) is 12.4. The standard InChI is InChI=1S/C12H18N4O5S/c1-16(2)22(19,20)14-8-12(18)15-13-7-9-6-10(21-3)4-5-11(9)17/h4-7,14,17H,8H2,1-3H3,(H,15,18)/b13-7-. The summed E-state index contributed by atoms with van der Waals surface area (Å²) in [4.78, 5) is 11.5. The van der Waals surface area contributed by atoms with Gasteiger partial charge in [-0.3, -0.25) is 4.79 Å². The van der Waals surface area contributed by atoms with Gasteiger partial charge in [0.25, 0.3) is 16.1 Å². The van der Waals surface area contributed by atoms with Crippen LogP contribution in [0.2, 0.25) is 0 Å². The predicted octanol–water partition coefficient (Wildman–Crippen LogP) is -0.753. The van der Waals surface area contributed by atoms with Crippen LogP contribution in [0.4, 0.5) is 0 Å². The topological polar surface area (TPSA) is 120 Å². The van der Waals surface area contributed by atoms with E-state index in [1.165, 1.54) is 39.6 Å². The quantitative estimate of drug-likeness (QED) is 0.449. The Morgan fingerprint density at radius 3 is 2.73 bits per heavy atom. The highest BCUT2D eigenvalue weighted by Crippen LogP contribution is 2.20. The van der Waals surface area contributed by atoms with Crippen molar-refractivity contribution in [2.45, 2.75) is 0 Å². The van der Waals surface area contributed by atoms with Crippen molar-refractivity contribution in [1.82, 2.24) is 14.5 Å². The van der Waals surface area contributed by atoms with E-state index < -0.39 is 22.7 Å². The van der Waals surface area contributed by atoms with Crippen LogP contribution in [0.1, 0.15) is 5.56 Å². The molecule has 0 heterocycles. The van der Waals surface area contributed by atoms with Crippen molar-refractivity contribution >= 4 is 22.3 Å². The zero-order chi connectivity index (χ0) is 16.8. The first-order valence-electron chi connectivity index (χ1n) is 6.12. The SMILES string of the molecule is COc1ccc(O)c(/C=N\NC(=O)CNS(=O)(=O)N(C)C)c1. The molecule has 0 aliphatic carbocycles. The molecule has 0 saturated heterocycles. The second-order valence-electron chi connectivity index (χ2n) is 4.33. The van der Waals surface area contributed by atoms with Gasteiger partial charge in [-0.2, -0.15) is 22.5 Å². The van der Waals surface area contributed by atoms with Gasteiger partial charge in [-0.05, 0) is 18.2 Å². The molecule has 1 rings (SSSR count). The number of phenolic OH excluding ortho intramolecular Hbond substituents is 1. The minimum atomic E-state index is -3.67. The number of nitrogens with one attached hydrogen (secondary N) is 2. The summed E-state index contributed by atoms with van der Waals surface area (Å²) in [6.45, 7) is -0.456. The van der Waals surface area contributed by atoms with Crippen molar-refractivity contribution in [3.63, 3.8) is 0 Å². The summed E-state index contributed by atoms with van der Waals surface area (Å²) in [6, 6.07) is 4.52. The van der Waals surface area contributed by atoms with E-state index in [0.29, 0.717) is 11.3 Å². The smallest absolute Gasteiger partial charge is 0.279 e. The molecule has 9 nitrogen and oxygen atoms in total. The average molecular weight is 330 g/mol. The molecule has 22 heavy (non-hydrogen) atoms. The molecule has 1 amide bonds. The number of carbonyl (C=O) groups excluding carboxylic acids is 1. The highest BCUT2D eigenvalue weighted by atomic mass is 32.2. The molecule has 0 aromatic heterocycles.